The van der Waals surface area contributed by atoms with Gasteiger partial charge in [-0.1, -0.05) is 19.0 Å². The molecule has 1 atom stereocenters. The molecule has 1 aromatic rings. The summed E-state index contributed by atoms with van der Waals surface area (Å²) in [6.45, 7) is 5.14. The Labute approximate surface area is 110 Å². The van der Waals surface area contributed by atoms with E-state index in [0.29, 0.717) is 24.0 Å². The molecule has 0 saturated carbocycles. The summed E-state index contributed by atoms with van der Waals surface area (Å²) in [4.78, 5) is 17.3. The first-order chi connectivity index (χ1) is 8.58. The van der Waals surface area contributed by atoms with Gasteiger partial charge in [0.2, 0.25) is 5.89 Å². The van der Waals surface area contributed by atoms with Crippen molar-refractivity contribution in [3.63, 3.8) is 0 Å². The SMILES string of the molecule is CC(C)c1noc(CN2CCSCC2C(=O)O)n1. The van der Waals surface area contributed by atoms with E-state index >= 15 is 0 Å². The molecule has 18 heavy (non-hydrogen) atoms. The summed E-state index contributed by atoms with van der Waals surface area (Å²) in [6.07, 6.45) is 0. The Hall–Kier alpha value is -1.08. The van der Waals surface area contributed by atoms with Crippen molar-refractivity contribution in [2.24, 2.45) is 0 Å². The van der Waals surface area contributed by atoms with E-state index < -0.39 is 12.0 Å². The average Bonchev–Trinajstić information content (AvgIpc) is 2.78. The van der Waals surface area contributed by atoms with Crippen LogP contribution in [0.25, 0.3) is 0 Å². The van der Waals surface area contributed by atoms with Crippen LogP contribution in [0.2, 0.25) is 0 Å². The summed E-state index contributed by atoms with van der Waals surface area (Å²) in [5.41, 5.74) is 0. The number of carbonyl (C=O) groups is 1. The van der Waals surface area contributed by atoms with Crippen molar-refractivity contribution >= 4 is 17.7 Å². The van der Waals surface area contributed by atoms with Gasteiger partial charge in [0.05, 0.1) is 6.54 Å². The van der Waals surface area contributed by atoms with Crippen molar-refractivity contribution in [3.8, 4) is 0 Å². The standard InChI is InChI=1S/C11H17N3O3S/c1-7(2)10-12-9(17-13-10)5-14-3-4-18-6-8(14)11(15)16/h7-8H,3-6H2,1-2H3,(H,15,16). The number of thioether (sulfide) groups is 1. The van der Waals surface area contributed by atoms with Crippen molar-refractivity contribution in [3.05, 3.63) is 11.7 Å². The number of aromatic nitrogens is 2. The summed E-state index contributed by atoms with van der Waals surface area (Å²) in [6, 6.07) is -0.460. The molecule has 2 rings (SSSR count). The normalized spacial score (nSPS) is 21.4. The lowest BCUT2D eigenvalue weighted by molar-refractivity contribution is -0.142. The first-order valence-corrected chi connectivity index (χ1v) is 7.10. The van der Waals surface area contributed by atoms with Crippen LogP contribution in [-0.4, -0.2) is 50.2 Å². The maximum atomic E-state index is 11.1. The minimum Gasteiger partial charge on any atom is -0.480 e. The molecule has 1 N–H and O–H groups in total. The van der Waals surface area contributed by atoms with Gasteiger partial charge < -0.3 is 9.63 Å². The molecule has 6 nitrogen and oxygen atoms in total. The molecule has 1 fully saturated rings. The van der Waals surface area contributed by atoms with Gasteiger partial charge in [0.25, 0.3) is 0 Å². The molecule has 0 aromatic carbocycles. The van der Waals surface area contributed by atoms with Crippen LogP contribution in [0.15, 0.2) is 4.52 Å². The third-order valence-electron chi connectivity index (χ3n) is 2.86. The zero-order valence-electron chi connectivity index (χ0n) is 10.5. The van der Waals surface area contributed by atoms with Gasteiger partial charge in [-0.15, -0.1) is 0 Å². The van der Waals surface area contributed by atoms with Gasteiger partial charge in [-0.25, -0.2) is 0 Å². The Kier molecular flexibility index (Phi) is 4.23. The third-order valence-corrected chi connectivity index (χ3v) is 3.89. The van der Waals surface area contributed by atoms with Crippen molar-refractivity contribution in [2.45, 2.75) is 32.4 Å². The summed E-state index contributed by atoms with van der Waals surface area (Å²) >= 11 is 1.67. The van der Waals surface area contributed by atoms with E-state index in [2.05, 4.69) is 10.1 Å². The maximum absolute atomic E-state index is 11.1. The molecule has 0 spiro atoms. The van der Waals surface area contributed by atoms with E-state index in [1.165, 1.54) is 0 Å². The van der Waals surface area contributed by atoms with E-state index in [9.17, 15) is 4.79 Å². The molecule has 1 aliphatic rings. The number of carboxylic acid groups (broad SMARTS) is 1. The van der Waals surface area contributed by atoms with Gasteiger partial charge in [0.1, 0.15) is 6.04 Å². The molecular weight excluding hydrogens is 254 g/mol. The third kappa shape index (κ3) is 3.02. The van der Waals surface area contributed by atoms with Crippen LogP contribution in [0.5, 0.6) is 0 Å². The van der Waals surface area contributed by atoms with Gasteiger partial charge in [0.15, 0.2) is 5.82 Å². The van der Waals surface area contributed by atoms with Gasteiger partial charge >= 0.3 is 5.97 Å². The van der Waals surface area contributed by atoms with Crippen molar-refractivity contribution in [1.82, 2.24) is 15.0 Å². The zero-order chi connectivity index (χ0) is 13.1. The second kappa shape index (κ2) is 5.71. The molecule has 100 valence electrons. The summed E-state index contributed by atoms with van der Waals surface area (Å²) in [5.74, 6) is 2.15. The largest absolute Gasteiger partial charge is 0.480 e. The molecule has 0 aliphatic carbocycles. The molecule has 1 aromatic heterocycles. The van der Waals surface area contributed by atoms with Gasteiger partial charge in [0, 0.05) is 24.0 Å². The Morgan fingerprint density at radius 1 is 1.67 bits per heavy atom. The van der Waals surface area contributed by atoms with Crippen molar-refractivity contribution in [1.29, 1.82) is 0 Å². The van der Waals surface area contributed by atoms with Crippen LogP contribution < -0.4 is 0 Å². The lowest BCUT2D eigenvalue weighted by atomic mass is 10.2. The fourth-order valence-corrected chi connectivity index (χ4v) is 2.90. The number of hydrogen-bond donors (Lipinski definition) is 1. The molecule has 0 bridgehead atoms. The Morgan fingerprint density at radius 2 is 2.44 bits per heavy atom. The monoisotopic (exact) mass is 271 g/mol. The Balaban J connectivity index is 2.03. The molecule has 1 saturated heterocycles. The minimum absolute atomic E-state index is 0.217. The number of aliphatic carboxylic acids is 1. The summed E-state index contributed by atoms with van der Waals surface area (Å²) in [7, 11) is 0. The molecular formula is C11H17N3O3S. The van der Waals surface area contributed by atoms with Crippen LogP contribution >= 0.6 is 11.8 Å². The molecule has 1 aliphatic heterocycles. The van der Waals surface area contributed by atoms with E-state index in [0.717, 1.165) is 12.3 Å². The summed E-state index contributed by atoms with van der Waals surface area (Å²) in [5, 5.41) is 13.0. The summed E-state index contributed by atoms with van der Waals surface area (Å²) < 4.78 is 5.15. The van der Waals surface area contributed by atoms with Crippen LogP contribution in [0.3, 0.4) is 0 Å². The van der Waals surface area contributed by atoms with Gasteiger partial charge in [-0.05, 0) is 0 Å². The number of carboxylic acids is 1. The Bertz CT molecular complexity index is 421. The topological polar surface area (TPSA) is 79.5 Å². The maximum Gasteiger partial charge on any atom is 0.321 e. The highest BCUT2D eigenvalue weighted by molar-refractivity contribution is 7.99. The van der Waals surface area contributed by atoms with Crippen LogP contribution in [-0.2, 0) is 11.3 Å². The van der Waals surface area contributed by atoms with E-state index in [4.69, 9.17) is 9.63 Å². The highest BCUT2D eigenvalue weighted by atomic mass is 32.2. The van der Waals surface area contributed by atoms with Gasteiger partial charge in [-0.2, -0.15) is 16.7 Å². The van der Waals surface area contributed by atoms with Crippen LogP contribution in [0, 0.1) is 0 Å². The second-order valence-electron chi connectivity index (χ2n) is 4.60. The predicted octanol–water partition coefficient (Wildman–Crippen LogP) is 1.20. The second-order valence-corrected chi connectivity index (χ2v) is 5.75. The van der Waals surface area contributed by atoms with E-state index in [-0.39, 0.29) is 5.92 Å². The lowest BCUT2D eigenvalue weighted by Crippen LogP contribution is -2.46. The Morgan fingerprint density at radius 3 is 3.06 bits per heavy atom. The predicted molar refractivity (Wildman–Crippen MR) is 67.5 cm³/mol. The molecule has 7 heteroatoms. The minimum atomic E-state index is -0.786. The van der Waals surface area contributed by atoms with E-state index in [1.807, 2.05) is 18.7 Å². The lowest BCUT2D eigenvalue weighted by Gasteiger charge is -2.31. The van der Waals surface area contributed by atoms with E-state index in [1.54, 1.807) is 11.8 Å². The van der Waals surface area contributed by atoms with Crippen LogP contribution in [0.1, 0.15) is 31.5 Å². The molecule has 2 heterocycles. The quantitative estimate of drug-likeness (QED) is 0.881. The first kappa shape index (κ1) is 13.4. The molecule has 1 unspecified atom stereocenters. The molecule has 0 radical (unpaired) electrons. The fourth-order valence-electron chi connectivity index (χ4n) is 1.80. The zero-order valence-corrected chi connectivity index (χ0v) is 11.3. The number of rotatable bonds is 4. The average molecular weight is 271 g/mol. The van der Waals surface area contributed by atoms with Crippen LogP contribution in [0.4, 0.5) is 0 Å². The number of hydrogen-bond acceptors (Lipinski definition) is 6. The van der Waals surface area contributed by atoms with Crippen molar-refractivity contribution < 1.29 is 14.4 Å². The van der Waals surface area contributed by atoms with Gasteiger partial charge in [-0.3, -0.25) is 9.69 Å². The highest BCUT2D eigenvalue weighted by Crippen LogP contribution is 2.19. The fraction of sp³-hybridized carbons (Fsp3) is 0.727. The highest BCUT2D eigenvalue weighted by Gasteiger charge is 2.30. The number of nitrogens with zero attached hydrogens (tertiary/aromatic N) is 3. The molecule has 0 amide bonds. The smallest absolute Gasteiger partial charge is 0.321 e. The first-order valence-electron chi connectivity index (χ1n) is 5.95. The van der Waals surface area contributed by atoms with Crippen molar-refractivity contribution in [2.75, 3.05) is 18.1 Å².